The number of likely N-dealkylation sites (tertiary alicyclic amines) is 1. The number of hydrogen-bond donors (Lipinski definition) is 5. The van der Waals surface area contributed by atoms with Crippen LogP contribution in [0.4, 0.5) is 23.2 Å². The van der Waals surface area contributed by atoms with Gasteiger partial charge in [0.15, 0.2) is 0 Å². The van der Waals surface area contributed by atoms with E-state index in [0.717, 1.165) is 10.5 Å². The maximum Gasteiger partial charge on any atom is 0.411 e. The molecule has 8 atom stereocenters. The maximum atomic E-state index is 14.2. The van der Waals surface area contributed by atoms with Crippen LogP contribution < -0.4 is 25.4 Å². The van der Waals surface area contributed by atoms with E-state index in [2.05, 4.69) is 86.1 Å². The fourth-order valence-corrected chi connectivity index (χ4v) is 13.3. The highest BCUT2D eigenvalue weighted by molar-refractivity contribution is 7.91. The average Bonchev–Trinajstić information content (AvgIpc) is 1.58. The van der Waals surface area contributed by atoms with E-state index >= 15 is 0 Å². The summed E-state index contributed by atoms with van der Waals surface area (Å²) in [5.41, 5.74) is 13.0. The molecule has 6 fully saturated rings. The first-order valence-corrected chi connectivity index (χ1v) is 32.8. The second-order valence-electron chi connectivity index (χ2n) is 24.5. The van der Waals surface area contributed by atoms with Crippen molar-refractivity contribution in [2.75, 3.05) is 13.1 Å². The average molecular weight is 1370 g/mol. The highest BCUT2D eigenvalue weighted by Gasteiger charge is 2.63. The molecule has 5 N–H and O–H groups in total. The van der Waals surface area contributed by atoms with Crippen LogP contribution in [0.15, 0.2) is 109 Å². The molecule has 95 heavy (non-hydrogen) atoms. The smallest absolute Gasteiger partial charge is 0.411 e. The van der Waals surface area contributed by atoms with Gasteiger partial charge in [0.2, 0.25) is 31.9 Å². The Hall–Kier alpha value is -7.15. The third kappa shape index (κ3) is 20.2. The monoisotopic (exact) mass is 1370 g/mol. The molecular weight excluding hydrogens is 1300 g/mol. The molecule has 0 bridgehead atoms. The predicted molar refractivity (Wildman–Crippen MR) is 361 cm³/mol. The van der Waals surface area contributed by atoms with Crippen molar-refractivity contribution in [1.29, 1.82) is 0 Å². The highest BCUT2D eigenvalue weighted by Crippen LogP contribution is 2.47. The van der Waals surface area contributed by atoms with Gasteiger partial charge in [-0.15, -0.1) is 38.0 Å². The summed E-state index contributed by atoms with van der Waals surface area (Å²) in [6.45, 7) is 19.5. The Balaban J connectivity index is 0.000000277. The molecule has 2 aromatic carbocycles. The number of hydrogen-bond acceptors (Lipinski definition) is 15. The van der Waals surface area contributed by atoms with Crippen molar-refractivity contribution >= 4 is 145 Å². The Labute approximate surface area is 572 Å². The van der Waals surface area contributed by atoms with Crippen molar-refractivity contribution in [3.8, 4) is 0 Å². The molecule has 2 aromatic rings. The zero-order valence-electron chi connectivity index (χ0n) is 52.5. The van der Waals surface area contributed by atoms with E-state index in [1.54, 1.807) is 45.0 Å². The number of ether oxygens (including phenoxy) is 3. The topological polar surface area (TPSA) is 285 Å². The lowest BCUT2D eigenvalue weighted by Gasteiger charge is -2.29. The van der Waals surface area contributed by atoms with Crippen LogP contribution in [0, 0.1) is 23.5 Å². The van der Waals surface area contributed by atoms with E-state index in [4.69, 9.17) is 52.9 Å². The number of rotatable bonds is 16. The summed E-state index contributed by atoms with van der Waals surface area (Å²) >= 11 is 0. The first-order chi connectivity index (χ1) is 43.7. The molecule has 2 saturated heterocycles. The van der Waals surface area contributed by atoms with Gasteiger partial charge < -0.3 is 30.2 Å². The van der Waals surface area contributed by atoms with Crippen molar-refractivity contribution in [2.45, 2.75) is 150 Å². The van der Waals surface area contributed by atoms with Gasteiger partial charge in [0.1, 0.15) is 46.6 Å². The van der Waals surface area contributed by atoms with Gasteiger partial charge in [0.05, 0.1) is 36.2 Å². The molecule has 0 aromatic heterocycles. The molecule has 4 saturated carbocycles. The van der Waals surface area contributed by atoms with Gasteiger partial charge in [-0.1, -0.05) is 47.9 Å². The minimum atomic E-state index is -3.87. The number of fused-ring (bicyclic) bond motifs is 2. The van der Waals surface area contributed by atoms with Crippen molar-refractivity contribution in [3.05, 3.63) is 143 Å². The van der Waals surface area contributed by atoms with Gasteiger partial charge in [0.25, 0.3) is 11.8 Å². The zero-order chi connectivity index (χ0) is 68.5. The molecule has 10 radical (unpaired) electrons. The maximum absolute atomic E-state index is 14.2. The second kappa shape index (κ2) is 32.7. The van der Waals surface area contributed by atoms with Crippen molar-refractivity contribution in [2.24, 2.45) is 11.8 Å². The number of benzene rings is 2. The number of amides is 7. The second-order valence-corrected chi connectivity index (χ2v) is 28.4. The number of nitrogens with one attached hydrogen (secondary N) is 5. The van der Waals surface area contributed by atoms with Crippen LogP contribution >= 0.6 is 24.8 Å². The minimum absolute atomic E-state index is 0. The lowest BCUT2D eigenvalue weighted by Crippen LogP contribution is -2.56. The van der Waals surface area contributed by atoms with E-state index in [1.807, 2.05) is 0 Å². The summed E-state index contributed by atoms with van der Waals surface area (Å²) in [5, 5.41) is 7.14. The number of sulfonamides is 2. The summed E-state index contributed by atoms with van der Waals surface area (Å²) in [6.07, 6.45) is 0.00632. The van der Waals surface area contributed by atoms with Gasteiger partial charge in [-0.2, -0.15) is 0 Å². The van der Waals surface area contributed by atoms with Crippen LogP contribution in [-0.2, 0) is 79.6 Å². The molecule has 8 aliphatic rings. The standard InChI is InChI=1S/C28H35FN4O8S.C23H27FN4O6S.C8H4.B8.2ClH/c1-5-17-12-28(17,24(35)31-42(38,39)19-9-10-19)30-23(34)22-11-18(14-33(22)26(37)41-27(2,3)4)40-25(36)32-13-16-7-6-8-21(29)20(16)15-32;1-2-14-9-23(14,21(30)27-35(32,33)16-6-7-16)26-20(29)19-8-15(10-25-19)34-22(31)28-11-13-4-3-5-18(24)17(13)12-28;1-3-5-7-8-6-4-2;1-6(2)8(5)7(3)4;;/h5-8,17-19,22H,1,9-15H2,2-4H3,(H,30,34)(H,31,35);2-5,14-16,19,25H,1,6-12H2,(H,26,29)(H,27,30);1-2H2;;2*1H/t17-,18-,22+,28-;14-,15-,19+,23-;;;;/m11..../s1. The van der Waals surface area contributed by atoms with E-state index in [-0.39, 0.29) is 102 Å². The van der Waals surface area contributed by atoms with Gasteiger partial charge in [-0.05, 0) is 119 Å². The quantitative estimate of drug-likeness (QED) is 0.0699. The molecule has 7 amide bonds. The third-order valence-corrected chi connectivity index (χ3v) is 19.9. The Morgan fingerprint density at radius 1 is 0.653 bits per heavy atom. The summed E-state index contributed by atoms with van der Waals surface area (Å²) < 4.78 is 98.2. The summed E-state index contributed by atoms with van der Waals surface area (Å²) in [7, 11) is 18.2. The number of nitrogens with zero attached hydrogens (tertiary/aromatic N) is 3. The van der Waals surface area contributed by atoms with Crippen LogP contribution in [0.5, 0.6) is 0 Å². The van der Waals surface area contributed by atoms with Crippen LogP contribution in [-0.4, -0.2) is 196 Å². The molecule has 4 aliphatic carbocycles. The fraction of sp³-hybridized carbons (Fsp3) is 0.475. The molecular formula is C59H68B8Cl2F2N8O14S2. The lowest BCUT2D eigenvalue weighted by atomic mass is 8.68. The first kappa shape index (κ1) is 78.5. The van der Waals surface area contributed by atoms with Crippen LogP contribution in [0.2, 0.25) is 0 Å². The summed E-state index contributed by atoms with van der Waals surface area (Å²) in [6, 6.07) is 7.41. The number of carbonyl (C=O) groups is 7. The van der Waals surface area contributed by atoms with Gasteiger partial charge in [-0.25, -0.2) is 40.0 Å². The minimum Gasteiger partial charge on any atom is -0.445 e. The van der Waals surface area contributed by atoms with Crippen LogP contribution in [0.1, 0.15) is 94.4 Å². The van der Waals surface area contributed by atoms with E-state index < -0.39 is 144 Å². The largest absolute Gasteiger partial charge is 0.445 e. The Kier molecular flexibility index (Phi) is 27.1. The molecule has 4 aliphatic heterocycles. The zero-order valence-corrected chi connectivity index (χ0v) is 55.8. The summed E-state index contributed by atoms with van der Waals surface area (Å²) in [4.78, 5) is 95.0. The van der Waals surface area contributed by atoms with Crippen molar-refractivity contribution in [1.82, 2.24) is 40.1 Å². The highest BCUT2D eigenvalue weighted by atomic mass is 35.5. The fourth-order valence-electron chi connectivity index (χ4n) is 10.6. The number of carbonyl (C=O) groups excluding carboxylic acids is 7. The van der Waals surface area contributed by atoms with Gasteiger partial charge >= 0.3 is 18.3 Å². The van der Waals surface area contributed by atoms with Crippen molar-refractivity contribution in [3.63, 3.8) is 0 Å². The normalized spacial score (nSPS) is 23.6. The lowest BCUT2D eigenvalue weighted by molar-refractivity contribution is -0.131. The molecule has 4 heterocycles. The molecule has 22 nitrogen and oxygen atoms in total. The Bertz CT molecular complexity index is 3750. The molecule has 36 heteroatoms. The van der Waals surface area contributed by atoms with Gasteiger partial charge in [0, 0.05) is 113 Å². The Morgan fingerprint density at radius 2 is 1.08 bits per heavy atom. The third-order valence-electron chi connectivity index (χ3n) is 16.3. The Morgan fingerprint density at radius 3 is 1.45 bits per heavy atom. The van der Waals surface area contributed by atoms with Crippen LogP contribution in [0.3, 0.4) is 0 Å². The van der Waals surface area contributed by atoms with Crippen molar-refractivity contribution < 1.29 is 73.4 Å². The molecule has 0 unspecified atom stereocenters. The number of halogens is 4. The SMILES string of the molecule is C=C=C=C=C=C=C=C.C=C[C@@H]1C[C@]1(NC(=O)[C@@H]1C[C@@H](OC(=O)N2Cc3cccc(F)c3C2)CN1)C(=O)NS(=O)(=O)C1CC1.C=C[C@@H]1C[C@]1(NC(=O)[C@@H]1C[C@@H](OC(=O)N2Cc3cccc(F)c3C2)CN1C(=O)OC(C)(C)C)C(=O)NS(=O)(=O)C1CC1.Cl.Cl.[B]B([B])B([B])B([B])[B]. The molecule has 0 spiro atoms. The van der Waals surface area contributed by atoms with E-state index in [0.29, 0.717) is 42.4 Å². The van der Waals surface area contributed by atoms with Gasteiger partial charge in [-0.3, -0.25) is 43.3 Å². The molecule has 10 rings (SSSR count). The first-order valence-electron chi connectivity index (χ1n) is 29.7. The summed E-state index contributed by atoms with van der Waals surface area (Å²) in [5.74, 6) is -4.51. The van der Waals surface area contributed by atoms with E-state index in [1.165, 1.54) is 34.1 Å². The van der Waals surface area contributed by atoms with Crippen LogP contribution in [0.25, 0.3) is 0 Å². The predicted octanol–water partition coefficient (Wildman–Crippen LogP) is 2.53. The van der Waals surface area contributed by atoms with E-state index in [9.17, 15) is 59.2 Å². The molecule has 492 valence electrons.